The van der Waals surface area contributed by atoms with Crippen LogP contribution in [-0.2, 0) is 14.9 Å². The number of likely N-dealkylation sites (N-methyl/N-ethyl adjacent to an activating group) is 1. The number of aliphatic hydroxyl groups excluding tert-OH is 1. The zero-order chi connectivity index (χ0) is 17.9. The molecular formula is C19H27NO5. The molecule has 1 unspecified atom stereocenters. The second-order valence-corrected chi connectivity index (χ2v) is 6.71. The van der Waals surface area contributed by atoms with Gasteiger partial charge in [-0.2, -0.15) is 0 Å². The SMILES string of the molecule is COCOc1ccc([C@@]23C=C[C@H](O)CC2N(C)CC3)cc1OCOC. The van der Waals surface area contributed by atoms with Crippen molar-refractivity contribution in [2.24, 2.45) is 0 Å². The van der Waals surface area contributed by atoms with E-state index in [1.165, 1.54) is 5.56 Å². The lowest BCUT2D eigenvalue weighted by Gasteiger charge is -2.39. The Morgan fingerprint density at radius 1 is 1.16 bits per heavy atom. The molecule has 0 spiro atoms. The van der Waals surface area contributed by atoms with Crippen molar-refractivity contribution in [1.29, 1.82) is 0 Å². The van der Waals surface area contributed by atoms with Gasteiger partial charge in [-0.1, -0.05) is 18.2 Å². The maximum absolute atomic E-state index is 10.1. The van der Waals surface area contributed by atoms with E-state index < -0.39 is 0 Å². The second kappa shape index (κ2) is 7.74. The van der Waals surface area contributed by atoms with E-state index in [4.69, 9.17) is 18.9 Å². The summed E-state index contributed by atoms with van der Waals surface area (Å²) in [6, 6.07) is 6.30. The predicted molar refractivity (Wildman–Crippen MR) is 93.9 cm³/mol. The van der Waals surface area contributed by atoms with Gasteiger partial charge >= 0.3 is 0 Å². The number of likely N-dealkylation sites (tertiary alicyclic amines) is 1. The first-order valence-electron chi connectivity index (χ1n) is 8.56. The third kappa shape index (κ3) is 3.53. The molecule has 25 heavy (non-hydrogen) atoms. The minimum absolute atomic E-state index is 0.112. The Bertz CT molecular complexity index is 620. The number of aliphatic hydroxyl groups is 1. The van der Waals surface area contributed by atoms with Gasteiger partial charge in [0.15, 0.2) is 25.1 Å². The molecule has 1 aliphatic heterocycles. The zero-order valence-corrected chi connectivity index (χ0v) is 15.1. The van der Waals surface area contributed by atoms with E-state index >= 15 is 0 Å². The normalized spacial score (nSPS) is 28.8. The van der Waals surface area contributed by atoms with Crippen LogP contribution in [0, 0.1) is 0 Å². The summed E-state index contributed by atoms with van der Waals surface area (Å²) in [5.41, 5.74) is 1.06. The minimum Gasteiger partial charge on any atom is -0.464 e. The molecule has 1 heterocycles. The molecule has 1 aliphatic carbocycles. The molecule has 1 aromatic carbocycles. The summed E-state index contributed by atoms with van der Waals surface area (Å²) in [7, 11) is 5.29. The molecule has 1 fully saturated rings. The monoisotopic (exact) mass is 349 g/mol. The van der Waals surface area contributed by atoms with Gasteiger partial charge in [0, 0.05) is 25.7 Å². The fraction of sp³-hybridized carbons (Fsp3) is 0.579. The van der Waals surface area contributed by atoms with Gasteiger partial charge in [0.25, 0.3) is 0 Å². The standard InChI is InChI=1S/C19H27NO5/c1-20-9-8-19(7-6-15(21)11-18(19)20)14-4-5-16(24-12-22-2)17(10-14)25-13-23-3/h4-7,10,15,18,21H,8-9,11-13H2,1-3H3/t15-,18?,19-/m0/s1. The Balaban J connectivity index is 1.96. The molecule has 3 rings (SSSR count). The largest absolute Gasteiger partial charge is 0.464 e. The lowest BCUT2D eigenvalue weighted by atomic mass is 9.69. The smallest absolute Gasteiger partial charge is 0.188 e. The molecule has 0 saturated carbocycles. The van der Waals surface area contributed by atoms with E-state index in [-0.39, 0.29) is 31.1 Å². The van der Waals surface area contributed by atoms with Crippen LogP contribution >= 0.6 is 0 Å². The van der Waals surface area contributed by atoms with Crippen LogP contribution in [0.3, 0.4) is 0 Å². The van der Waals surface area contributed by atoms with Crippen molar-refractivity contribution >= 4 is 0 Å². The summed E-state index contributed by atoms with van der Waals surface area (Å²) in [6.07, 6.45) is 5.45. The highest BCUT2D eigenvalue weighted by molar-refractivity contribution is 5.48. The average molecular weight is 349 g/mol. The minimum atomic E-state index is -0.382. The highest BCUT2D eigenvalue weighted by Gasteiger charge is 2.48. The van der Waals surface area contributed by atoms with E-state index in [2.05, 4.69) is 24.1 Å². The summed E-state index contributed by atoms with van der Waals surface area (Å²) in [4.78, 5) is 2.33. The molecule has 1 saturated heterocycles. The summed E-state index contributed by atoms with van der Waals surface area (Å²) in [5.74, 6) is 1.26. The Morgan fingerprint density at radius 2 is 1.88 bits per heavy atom. The number of hydrogen-bond donors (Lipinski definition) is 1. The zero-order valence-electron chi connectivity index (χ0n) is 15.1. The third-order valence-corrected chi connectivity index (χ3v) is 5.23. The molecule has 3 atom stereocenters. The highest BCUT2D eigenvalue weighted by Crippen LogP contribution is 2.47. The van der Waals surface area contributed by atoms with Crippen molar-refractivity contribution in [3.05, 3.63) is 35.9 Å². The van der Waals surface area contributed by atoms with Crippen LogP contribution in [0.2, 0.25) is 0 Å². The lowest BCUT2D eigenvalue weighted by molar-refractivity contribution is 0.0321. The van der Waals surface area contributed by atoms with Gasteiger partial charge in [-0.15, -0.1) is 0 Å². The lowest BCUT2D eigenvalue weighted by Crippen LogP contribution is -2.44. The van der Waals surface area contributed by atoms with Crippen LogP contribution in [0.5, 0.6) is 11.5 Å². The van der Waals surface area contributed by atoms with E-state index in [0.717, 1.165) is 19.4 Å². The van der Waals surface area contributed by atoms with Gasteiger partial charge in [-0.3, -0.25) is 0 Å². The molecule has 6 heteroatoms. The number of methoxy groups -OCH3 is 2. The molecule has 1 N–H and O–H groups in total. The van der Waals surface area contributed by atoms with Crippen molar-refractivity contribution in [2.75, 3.05) is 41.4 Å². The number of ether oxygens (including phenoxy) is 4. The van der Waals surface area contributed by atoms with Crippen molar-refractivity contribution in [2.45, 2.75) is 30.4 Å². The summed E-state index contributed by atoms with van der Waals surface area (Å²) in [5, 5.41) is 10.1. The van der Waals surface area contributed by atoms with Crippen LogP contribution in [0.1, 0.15) is 18.4 Å². The van der Waals surface area contributed by atoms with E-state index in [0.29, 0.717) is 11.5 Å². The maximum Gasteiger partial charge on any atom is 0.188 e. The van der Waals surface area contributed by atoms with Crippen molar-refractivity contribution in [1.82, 2.24) is 4.90 Å². The molecular weight excluding hydrogens is 322 g/mol. The number of rotatable bonds is 7. The van der Waals surface area contributed by atoms with Crippen LogP contribution in [0.4, 0.5) is 0 Å². The first-order chi connectivity index (χ1) is 12.1. The van der Waals surface area contributed by atoms with Crippen LogP contribution < -0.4 is 9.47 Å². The second-order valence-electron chi connectivity index (χ2n) is 6.71. The van der Waals surface area contributed by atoms with Gasteiger partial charge in [-0.25, -0.2) is 0 Å². The third-order valence-electron chi connectivity index (χ3n) is 5.23. The van der Waals surface area contributed by atoms with Crippen LogP contribution in [0.15, 0.2) is 30.4 Å². The Labute approximate surface area is 148 Å². The predicted octanol–water partition coefficient (Wildman–Crippen LogP) is 1.91. The molecule has 1 aromatic rings. The summed E-state index contributed by atoms with van der Waals surface area (Å²) < 4.78 is 21.4. The van der Waals surface area contributed by atoms with Crippen molar-refractivity contribution in [3.8, 4) is 11.5 Å². The molecule has 0 bridgehead atoms. The first kappa shape index (κ1) is 18.2. The highest BCUT2D eigenvalue weighted by atomic mass is 16.7. The van der Waals surface area contributed by atoms with Gasteiger partial charge in [-0.05, 0) is 44.1 Å². The Kier molecular flexibility index (Phi) is 5.64. The molecule has 6 nitrogen and oxygen atoms in total. The number of benzene rings is 1. The molecule has 0 amide bonds. The van der Waals surface area contributed by atoms with E-state index in [1.54, 1.807) is 14.2 Å². The van der Waals surface area contributed by atoms with Gasteiger partial charge in [0.05, 0.1) is 6.10 Å². The molecule has 2 aliphatic rings. The quantitative estimate of drug-likeness (QED) is 0.599. The van der Waals surface area contributed by atoms with Crippen molar-refractivity contribution < 1.29 is 24.1 Å². The number of fused-ring (bicyclic) bond motifs is 1. The first-order valence-corrected chi connectivity index (χ1v) is 8.56. The molecule has 138 valence electrons. The summed E-state index contributed by atoms with van der Waals surface area (Å²) in [6.45, 7) is 1.31. The van der Waals surface area contributed by atoms with Gasteiger partial charge in [0.2, 0.25) is 0 Å². The number of hydrogen-bond acceptors (Lipinski definition) is 6. The Morgan fingerprint density at radius 3 is 2.60 bits per heavy atom. The van der Waals surface area contributed by atoms with E-state index in [9.17, 15) is 5.11 Å². The van der Waals surface area contributed by atoms with Crippen molar-refractivity contribution in [3.63, 3.8) is 0 Å². The topological polar surface area (TPSA) is 60.4 Å². The molecule has 0 aromatic heterocycles. The fourth-order valence-corrected chi connectivity index (χ4v) is 3.96. The van der Waals surface area contributed by atoms with E-state index in [1.807, 2.05) is 18.2 Å². The van der Waals surface area contributed by atoms with Gasteiger partial charge < -0.3 is 29.0 Å². The van der Waals surface area contributed by atoms with Crippen LogP contribution in [-0.4, -0.2) is 63.6 Å². The van der Waals surface area contributed by atoms with Crippen LogP contribution in [0.25, 0.3) is 0 Å². The number of nitrogens with zero attached hydrogens (tertiary/aromatic N) is 1. The molecule has 0 radical (unpaired) electrons. The average Bonchev–Trinajstić information content (AvgIpc) is 2.96. The summed E-state index contributed by atoms with van der Waals surface area (Å²) >= 11 is 0. The van der Waals surface area contributed by atoms with Gasteiger partial charge in [0.1, 0.15) is 0 Å². The fourth-order valence-electron chi connectivity index (χ4n) is 3.96. The maximum atomic E-state index is 10.1. The Hall–Kier alpha value is -1.60.